The van der Waals surface area contributed by atoms with Crippen LogP contribution < -0.4 is 9.47 Å². The number of aryl methyl sites for hydroxylation is 1. The molecule has 0 amide bonds. The summed E-state index contributed by atoms with van der Waals surface area (Å²) in [6.45, 7) is 2.13. The second kappa shape index (κ2) is 9.32. The third kappa shape index (κ3) is 5.68. The van der Waals surface area contributed by atoms with Crippen molar-refractivity contribution in [3.8, 4) is 33.9 Å². The van der Waals surface area contributed by atoms with E-state index in [2.05, 4.69) is 9.72 Å². The number of halogens is 4. The Balaban J connectivity index is 1.51. The second-order valence-electron chi connectivity index (χ2n) is 7.36. The topological polar surface area (TPSA) is 31.4 Å². The molecule has 0 bridgehead atoms. The van der Waals surface area contributed by atoms with Crippen LogP contribution in [0.1, 0.15) is 11.1 Å². The maximum atomic E-state index is 13.9. The fraction of sp³-hybridized carbons (Fsp3) is 0.115. The maximum absolute atomic E-state index is 13.9. The minimum absolute atomic E-state index is 0.216. The number of hydrogen-bond donors (Lipinski definition) is 0. The van der Waals surface area contributed by atoms with Crippen molar-refractivity contribution in [3.63, 3.8) is 0 Å². The second-order valence-corrected chi connectivity index (χ2v) is 7.36. The lowest BCUT2D eigenvalue weighted by Gasteiger charge is -2.14. The number of benzene rings is 3. The summed E-state index contributed by atoms with van der Waals surface area (Å²) >= 11 is 0. The van der Waals surface area contributed by atoms with Gasteiger partial charge >= 0.3 is 6.36 Å². The third-order valence-electron chi connectivity index (χ3n) is 5.03. The van der Waals surface area contributed by atoms with Gasteiger partial charge in [-0.05, 0) is 65.6 Å². The van der Waals surface area contributed by atoms with Gasteiger partial charge in [-0.1, -0.05) is 36.4 Å². The van der Waals surface area contributed by atoms with E-state index >= 15 is 0 Å². The Kier molecular flexibility index (Phi) is 6.31. The molecule has 3 aromatic carbocycles. The first-order chi connectivity index (χ1) is 15.8. The van der Waals surface area contributed by atoms with E-state index < -0.39 is 12.2 Å². The van der Waals surface area contributed by atoms with E-state index in [1.165, 1.54) is 24.3 Å². The molecule has 0 aliphatic rings. The highest BCUT2D eigenvalue weighted by atomic mass is 19.4. The van der Waals surface area contributed by atoms with Crippen LogP contribution >= 0.6 is 0 Å². The summed E-state index contributed by atoms with van der Waals surface area (Å²) in [5, 5.41) is 0. The molecule has 7 heteroatoms. The first kappa shape index (κ1) is 22.3. The largest absolute Gasteiger partial charge is 0.573 e. The lowest BCUT2D eigenvalue weighted by atomic mass is 10.00. The van der Waals surface area contributed by atoms with Gasteiger partial charge in [-0.2, -0.15) is 0 Å². The zero-order valence-corrected chi connectivity index (χ0v) is 17.6. The summed E-state index contributed by atoms with van der Waals surface area (Å²) in [5.74, 6) is -0.293. The summed E-state index contributed by atoms with van der Waals surface area (Å²) in [4.78, 5) is 4.31. The summed E-state index contributed by atoms with van der Waals surface area (Å²) < 4.78 is 60.7. The first-order valence-electron chi connectivity index (χ1n) is 10.1. The molecule has 4 rings (SSSR count). The zero-order chi connectivity index (χ0) is 23.4. The number of alkyl halides is 3. The Labute approximate surface area is 188 Å². The molecule has 1 aromatic heterocycles. The molecule has 0 saturated carbocycles. The minimum atomic E-state index is -4.72. The van der Waals surface area contributed by atoms with Crippen LogP contribution in [0.4, 0.5) is 17.6 Å². The molecule has 0 spiro atoms. The molecule has 0 fully saturated rings. The first-order valence-corrected chi connectivity index (χ1v) is 10.1. The summed E-state index contributed by atoms with van der Waals surface area (Å²) in [7, 11) is 0. The predicted octanol–water partition coefficient (Wildman–Crippen LogP) is 7.34. The van der Waals surface area contributed by atoms with Gasteiger partial charge in [-0.3, -0.25) is 4.98 Å². The smallest absolute Gasteiger partial charge is 0.488 e. The molecule has 0 aliphatic heterocycles. The summed E-state index contributed by atoms with van der Waals surface area (Å²) in [6.07, 6.45) is -3.06. The molecule has 0 aliphatic carbocycles. The van der Waals surface area contributed by atoms with Crippen LogP contribution in [0.15, 0.2) is 85.1 Å². The quantitative estimate of drug-likeness (QED) is 0.286. The molecular weight excluding hydrogens is 434 g/mol. The number of pyridine rings is 1. The Hall–Kier alpha value is -3.87. The molecule has 1 heterocycles. The van der Waals surface area contributed by atoms with Crippen LogP contribution in [0, 0.1) is 12.7 Å². The predicted molar refractivity (Wildman–Crippen MR) is 117 cm³/mol. The van der Waals surface area contributed by atoms with E-state index in [0.29, 0.717) is 17.0 Å². The van der Waals surface area contributed by atoms with Crippen molar-refractivity contribution in [3.05, 3.63) is 102 Å². The Morgan fingerprint density at radius 1 is 0.848 bits per heavy atom. The molecule has 0 radical (unpaired) electrons. The zero-order valence-electron chi connectivity index (χ0n) is 17.6. The van der Waals surface area contributed by atoms with Crippen molar-refractivity contribution >= 4 is 0 Å². The molecule has 0 saturated heterocycles. The van der Waals surface area contributed by atoms with Crippen LogP contribution in [-0.2, 0) is 6.61 Å². The van der Waals surface area contributed by atoms with Gasteiger partial charge < -0.3 is 9.47 Å². The lowest BCUT2D eigenvalue weighted by Crippen LogP contribution is -2.16. The van der Waals surface area contributed by atoms with Crippen molar-refractivity contribution in [2.45, 2.75) is 19.9 Å². The van der Waals surface area contributed by atoms with Crippen molar-refractivity contribution in [1.82, 2.24) is 4.98 Å². The lowest BCUT2D eigenvalue weighted by molar-refractivity contribution is -0.274. The SMILES string of the molecule is Cc1cc(-c2ccc(OC(F)(F)F)cc2)ccc1COc1cc(F)ccc1-c1ccccn1. The number of rotatable bonds is 6. The molecule has 4 aromatic rings. The Morgan fingerprint density at radius 3 is 2.27 bits per heavy atom. The fourth-order valence-electron chi connectivity index (χ4n) is 3.39. The van der Waals surface area contributed by atoms with Crippen LogP contribution in [0.2, 0.25) is 0 Å². The van der Waals surface area contributed by atoms with Crippen molar-refractivity contribution in [1.29, 1.82) is 0 Å². The number of nitrogens with zero attached hydrogens (tertiary/aromatic N) is 1. The molecule has 33 heavy (non-hydrogen) atoms. The molecule has 168 valence electrons. The average molecular weight is 453 g/mol. The van der Waals surface area contributed by atoms with Crippen LogP contribution in [0.25, 0.3) is 22.4 Å². The van der Waals surface area contributed by atoms with Crippen molar-refractivity contribution in [2.75, 3.05) is 0 Å². The fourth-order valence-corrected chi connectivity index (χ4v) is 3.39. The summed E-state index contributed by atoms with van der Waals surface area (Å²) in [5.41, 5.74) is 4.79. The van der Waals surface area contributed by atoms with E-state index in [4.69, 9.17) is 4.74 Å². The number of hydrogen-bond acceptors (Lipinski definition) is 3. The van der Waals surface area contributed by atoms with Crippen LogP contribution in [-0.4, -0.2) is 11.3 Å². The monoisotopic (exact) mass is 453 g/mol. The average Bonchev–Trinajstić information content (AvgIpc) is 2.78. The van der Waals surface area contributed by atoms with Gasteiger partial charge in [0, 0.05) is 17.8 Å². The maximum Gasteiger partial charge on any atom is 0.573 e. The molecule has 0 N–H and O–H groups in total. The number of aromatic nitrogens is 1. The van der Waals surface area contributed by atoms with Crippen LogP contribution in [0.3, 0.4) is 0 Å². The van der Waals surface area contributed by atoms with Gasteiger partial charge in [0.25, 0.3) is 0 Å². The highest BCUT2D eigenvalue weighted by molar-refractivity contribution is 5.67. The molecule has 0 atom stereocenters. The van der Waals surface area contributed by atoms with Crippen molar-refractivity contribution < 1.29 is 27.0 Å². The van der Waals surface area contributed by atoms with E-state index in [0.717, 1.165) is 22.3 Å². The van der Waals surface area contributed by atoms with Crippen molar-refractivity contribution in [2.24, 2.45) is 0 Å². The molecule has 0 unspecified atom stereocenters. The normalized spacial score (nSPS) is 11.3. The van der Waals surface area contributed by atoms with Gasteiger partial charge in [0.1, 0.15) is 23.9 Å². The van der Waals surface area contributed by atoms with E-state index in [9.17, 15) is 17.6 Å². The Morgan fingerprint density at radius 2 is 1.61 bits per heavy atom. The number of ether oxygens (including phenoxy) is 2. The minimum Gasteiger partial charge on any atom is -0.488 e. The molecular formula is C26H19F4NO2. The highest BCUT2D eigenvalue weighted by Gasteiger charge is 2.30. The van der Waals surface area contributed by atoms with Gasteiger partial charge in [-0.15, -0.1) is 13.2 Å². The summed E-state index contributed by atoms with van der Waals surface area (Å²) in [6, 6.07) is 21.1. The van der Waals surface area contributed by atoms with Gasteiger partial charge in [0.05, 0.1) is 5.69 Å². The van der Waals surface area contributed by atoms with Crippen LogP contribution in [0.5, 0.6) is 11.5 Å². The third-order valence-corrected chi connectivity index (χ3v) is 5.03. The molecule has 3 nitrogen and oxygen atoms in total. The van der Waals surface area contributed by atoms with Gasteiger partial charge in [-0.25, -0.2) is 4.39 Å². The van der Waals surface area contributed by atoms with E-state index in [-0.39, 0.29) is 12.4 Å². The van der Waals surface area contributed by atoms with E-state index in [1.54, 1.807) is 30.5 Å². The van der Waals surface area contributed by atoms with Gasteiger partial charge in [0.15, 0.2) is 0 Å². The van der Waals surface area contributed by atoms with E-state index in [1.807, 2.05) is 37.3 Å². The highest BCUT2D eigenvalue weighted by Crippen LogP contribution is 2.31. The standard InChI is InChI=1S/C26H19F4NO2/c1-17-14-19(18-7-10-22(11-8-18)33-26(28,29)30)5-6-20(17)16-32-25-15-21(27)9-12-23(25)24-4-2-3-13-31-24/h2-15H,16H2,1H3. The Bertz CT molecular complexity index is 1240. The van der Waals surface area contributed by atoms with Gasteiger partial charge in [0.2, 0.25) is 0 Å².